The lowest BCUT2D eigenvalue weighted by Crippen LogP contribution is -1.86. The van der Waals surface area contributed by atoms with Crippen LogP contribution in [-0.2, 0) is 0 Å². The van der Waals surface area contributed by atoms with Crippen molar-refractivity contribution in [2.24, 2.45) is 0 Å². The minimum atomic E-state index is -0.403. The molecule has 14 heavy (non-hydrogen) atoms. The van der Waals surface area contributed by atoms with Gasteiger partial charge < -0.3 is 10.3 Å². The highest BCUT2D eigenvalue weighted by atomic mass is 35.5. The number of benzene rings is 1. The van der Waals surface area contributed by atoms with Gasteiger partial charge in [0.05, 0.1) is 11.2 Å². The summed E-state index contributed by atoms with van der Waals surface area (Å²) in [6.45, 7) is 0. The molecule has 0 fully saturated rings. The van der Waals surface area contributed by atoms with Crippen molar-refractivity contribution in [1.82, 2.24) is 5.16 Å². The Morgan fingerprint density at radius 1 is 1.43 bits per heavy atom. The van der Waals surface area contributed by atoms with Crippen LogP contribution in [0.5, 0.6) is 0 Å². The SMILES string of the molecule is Nc1cnoc1-c1cc(F)ccc1Cl. The van der Waals surface area contributed by atoms with Crippen LogP contribution < -0.4 is 5.73 Å². The van der Waals surface area contributed by atoms with E-state index in [2.05, 4.69) is 5.16 Å². The van der Waals surface area contributed by atoms with E-state index in [0.29, 0.717) is 16.3 Å². The predicted molar refractivity (Wildman–Crippen MR) is 51.3 cm³/mol. The summed E-state index contributed by atoms with van der Waals surface area (Å²) in [6, 6.07) is 3.95. The molecule has 0 aliphatic rings. The Morgan fingerprint density at radius 3 is 2.86 bits per heavy atom. The van der Waals surface area contributed by atoms with Crippen LogP contribution in [-0.4, -0.2) is 5.16 Å². The Morgan fingerprint density at radius 2 is 2.21 bits per heavy atom. The predicted octanol–water partition coefficient (Wildman–Crippen LogP) is 2.72. The first-order valence-electron chi connectivity index (χ1n) is 3.84. The highest BCUT2D eigenvalue weighted by Crippen LogP contribution is 2.32. The highest BCUT2D eigenvalue weighted by molar-refractivity contribution is 6.33. The average Bonchev–Trinajstić information content (AvgIpc) is 2.56. The van der Waals surface area contributed by atoms with Crippen LogP contribution in [0.15, 0.2) is 28.9 Å². The molecule has 0 bridgehead atoms. The fourth-order valence-electron chi connectivity index (χ4n) is 1.12. The first-order valence-corrected chi connectivity index (χ1v) is 4.22. The summed E-state index contributed by atoms with van der Waals surface area (Å²) in [5.41, 5.74) is 6.29. The number of anilines is 1. The van der Waals surface area contributed by atoms with Gasteiger partial charge in [-0.15, -0.1) is 0 Å². The molecule has 5 heteroatoms. The summed E-state index contributed by atoms with van der Waals surface area (Å²) in [5, 5.41) is 3.86. The smallest absolute Gasteiger partial charge is 0.191 e. The number of nitrogens with two attached hydrogens (primary N) is 1. The number of aromatic nitrogens is 1. The van der Waals surface area contributed by atoms with Gasteiger partial charge in [-0.25, -0.2) is 4.39 Å². The molecule has 72 valence electrons. The van der Waals surface area contributed by atoms with E-state index in [9.17, 15) is 4.39 Å². The van der Waals surface area contributed by atoms with Gasteiger partial charge in [0.15, 0.2) is 5.76 Å². The van der Waals surface area contributed by atoms with E-state index in [0.717, 1.165) is 0 Å². The van der Waals surface area contributed by atoms with Gasteiger partial charge in [-0.05, 0) is 18.2 Å². The minimum Gasteiger partial charge on any atom is -0.394 e. The van der Waals surface area contributed by atoms with Crippen LogP contribution in [0.1, 0.15) is 0 Å². The summed E-state index contributed by atoms with van der Waals surface area (Å²) in [4.78, 5) is 0. The van der Waals surface area contributed by atoms with Crippen molar-refractivity contribution in [3.63, 3.8) is 0 Å². The van der Waals surface area contributed by atoms with Crippen molar-refractivity contribution in [3.05, 3.63) is 35.2 Å². The Hall–Kier alpha value is -1.55. The molecule has 0 saturated carbocycles. The summed E-state index contributed by atoms with van der Waals surface area (Å²) < 4.78 is 17.8. The molecule has 1 aromatic carbocycles. The number of hydrogen-bond donors (Lipinski definition) is 1. The van der Waals surface area contributed by atoms with E-state index in [1.807, 2.05) is 0 Å². The van der Waals surface area contributed by atoms with Crippen LogP contribution in [0.2, 0.25) is 5.02 Å². The molecule has 1 heterocycles. The Balaban J connectivity index is 2.62. The van der Waals surface area contributed by atoms with Crippen LogP contribution in [0.3, 0.4) is 0 Å². The molecule has 0 saturated heterocycles. The lowest BCUT2D eigenvalue weighted by atomic mass is 10.1. The Bertz CT molecular complexity index is 470. The molecule has 0 spiro atoms. The summed E-state index contributed by atoms with van der Waals surface area (Å²) in [5.74, 6) is -0.116. The van der Waals surface area contributed by atoms with Crippen molar-refractivity contribution in [2.45, 2.75) is 0 Å². The van der Waals surface area contributed by atoms with Crippen LogP contribution in [0.4, 0.5) is 10.1 Å². The number of nitrogen functional groups attached to an aromatic ring is 1. The fourth-order valence-corrected chi connectivity index (χ4v) is 1.33. The quantitative estimate of drug-likeness (QED) is 0.791. The average molecular weight is 213 g/mol. The van der Waals surface area contributed by atoms with E-state index in [1.54, 1.807) is 0 Å². The molecule has 0 atom stereocenters. The zero-order chi connectivity index (χ0) is 10.1. The van der Waals surface area contributed by atoms with E-state index in [-0.39, 0.29) is 5.76 Å². The van der Waals surface area contributed by atoms with E-state index in [1.165, 1.54) is 24.4 Å². The second kappa shape index (κ2) is 3.31. The molecule has 0 aliphatic carbocycles. The van der Waals surface area contributed by atoms with Gasteiger partial charge in [-0.3, -0.25) is 0 Å². The molecule has 3 nitrogen and oxygen atoms in total. The van der Waals surface area contributed by atoms with Crippen molar-refractivity contribution >= 4 is 17.3 Å². The fraction of sp³-hybridized carbons (Fsp3) is 0. The molecule has 0 amide bonds. The molecule has 0 radical (unpaired) electrons. The monoisotopic (exact) mass is 212 g/mol. The lowest BCUT2D eigenvalue weighted by Gasteiger charge is -2.00. The maximum Gasteiger partial charge on any atom is 0.191 e. The highest BCUT2D eigenvalue weighted by Gasteiger charge is 2.12. The van der Waals surface area contributed by atoms with Gasteiger partial charge in [0.1, 0.15) is 11.5 Å². The molecule has 2 rings (SSSR count). The topological polar surface area (TPSA) is 52.0 Å². The second-order valence-corrected chi connectivity index (χ2v) is 3.14. The largest absolute Gasteiger partial charge is 0.394 e. The second-order valence-electron chi connectivity index (χ2n) is 2.73. The molecule has 0 unspecified atom stereocenters. The zero-order valence-corrected chi connectivity index (χ0v) is 7.75. The van der Waals surface area contributed by atoms with Gasteiger partial charge in [-0.2, -0.15) is 0 Å². The third kappa shape index (κ3) is 1.44. The molecular weight excluding hydrogens is 207 g/mol. The van der Waals surface area contributed by atoms with Crippen molar-refractivity contribution in [1.29, 1.82) is 0 Å². The minimum absolute atomic E-state index is 0.287. The van der Waals surface area contributed by atoms with Gasteiger partial charge in [-0.1, -0.05) is 16.8 Å². The van der Waals surface area contributed by atoms with Gasteiger partial charge in [0.25, 0.3) is 0 Å². The molecule has 2 N–H and O–H groups in total. The maximum absolute atomic E-state index is 12.9. The van der Waals surface area contributed by atoms with E-state index in [4.69, 9.17) is 21.9 Å². The molecular formula is C9H6ClFN2O. The normalized spacial score (nSPS) is 10.4. The first kappa shape index (κ1) is 9.02. The molecule has 0 aliphatic heterocycles. The Labute approximate surface area is 84.3 Å². The molecule has 1 aromatic heterocycles. The van der Waals surface area contributed by atoms with E-state index < -0.39 is 5.82 Å². The third-order valence-electron chi connectivity index (χ3n) is 1.77. The van der Waals surface area contributed by atoms with E-state index >= 15 is 0 Å². The third-order valence-corrected chi connectivity index (χ3v) is 2.10. The number of hydrogen-bond acceptors (Lipinski definition) is 3. The lowest BCUT2D eigenvalue weighted by molar-refractivity contribution is 0.432. The van der Waals surface area contributed by atoms with Crippen LogP contribution in [0, 0.1) is 5.82 Å². The maximum atomic E-state index is 12.9. The zero-order valence-electron chi connectivity index (χ0n) is 7.00. The van der Waals surface area contributed by atoms with Gasteiger partial charge in [0, 0.05) is 5.56 Å². The van der Waals surface area contributed by atoms with Crippen LogP contribution >= 0.6 is 11.6 Å². The molecule has 2 aromatic rings. The number of rotatable bonds is 1. The summed E-state index contributed by atoms with van der Waals surface area (Å²) in [7, 11) is 0. The first-order chi connectivity index (χ1) is 6.68. The Kier molecular flexibility index (Phi) is 2.13. The van der Waals surface area contributed by atoms with Gasteiger partial charge in [0.2, 0.25) is 0 Å². The van der Waals surface area contributed by atoms with Crippen molar-refractivity contribution in [2.75, 3.05) is 5.73 Å². The number of nitrogens with zero attached hydrogens (tertiary/aromatic N) is 1. The summed E-state index contributed by atoms with van der Waals surface area (Å²) >= 11 is 5.85. The van der Waals surface area contributed by atoms with Crippen molar-refractivity contribution in [3.8, 4) is 11.3 Å². The van der Waals surface area contributed by atoms with Crippen molar-refractivity contribution < 1.29 is 8.91 Å². The standard InChI is InChI=1S/C9H6ClFN2O/c10-7-2-1-5(11)3-6(7)9-8(12)4-13-14-9/h1-4H,12H2. The number of halogens is 2. The summed E-state index contributed by atoms with van der Waals surface area (Å²) in [6.07, 6.45) is 1.34. The van der Waals surface area contributed by atoms with Gasteiger partial charge >= 0.3 is 0 Å². The van der Waals surface area contributed by atoms with Crippen LogP contribution in [0.25, 0.3) is 11.3 Å².